The number of nitrogens with zero attached hydrogens (tertiary/aromatic N) is 3. The van der Waals surface area contributed by atoms with Crippen LogP contribution in [0.4, 0.5) is 0 Å². The van der Waals surface area contributed by atoms with E-state index in [1.54, 1.807) is 42.8 Å². The second-order valence-corrected chi connectivity index (χ2v) is 7.70. The number of hydrogen-bond donors (Lipinski definition) is 0. The highest BCUT2D eigenvalue weighted by molar-refractivity contribution is 9.10. The Kier molecular flexibility index (Phi) is 4.83. The van der Waals surface area contributed by atoms with E-state index in [9.17, 15) is 9.59 Å². The molecule has 0 unspecified atom stereocenters. The summed E-state index contributed by atoms with van der Waals surface area (Å²) in [7, 11) is 0. The molecular weight excluding hydrogens is 462 g/mol. The average molecular weight is 476 g/mol. The Morgan fingerprint density at radius 1 is 1.06 bits per heavy atom. The highest BCUT2D eigenvalue weighted by Gasteiger charge is 2.17. The standard InChI is InChI=1S/C23H14BrN3O4/c24-14-7-8-21-25-15(10-22(28)27(21)12-14)13-31-23(29)17-11-19(20-6-3-9-30-20)26-18-5-2-1-4-16(17)18/h1-12H,13H2. The monoisotopic (exact) mass is 475 g/mol. The van der Waals surface area contributed by atoms with E-state index < -0.39 is 5.97 Å². The van der Waals surface area contributed by atoms with E-state index in [4.69, 9.17) is 9.15 Å². The van der Waals surface area contributed by atoms with Crippen LogP contribution in [0.2, 0.25) is 0 Å². The molecule has 0 bridgehead atoms. The van der Waals surface area contributed by atoms with Crippen LogP contribution in [0.3, 0.4) is 0 Å². The van der Waals surface area contributed by atoms with E-state index >= 15 is 0 Å². The predicted octanol–water partition coefficient (Wildman–Crippen LogP) is 4.62. The molecule has 8 heteroatoms. The predicted molar refractivity (Wildman–Crippen MR) is 118 cm³/mol. The Morgan fingerprint density at radius 2 is 1.94 bits per heavy atom. The van der Waals surface area contributed by atoms with Crippen molar-refractivity contribution in [1.82, 2.24) is 14.4 Å². The Balaban J connectivity index is 1.47. The van der Waals surface area contributed by atoms with Crippen molar-refractivity contribution in [1.29, 1.82) is 0 Å². The number of furan rings is 1. The smallest absolute Gasteiger partial charge is 0.339 e. The maximum absolute atomic E-state index is 12.9. The summed E-state index contributed by atoms with van der Waals surface area (Å²) < 4.78 is 13.1. The van der Waals surface area contributed by atoms with E-state index in [-0.39, 0.29) is 12.2 Å². The summed E-state index contributed by atoms with van der Waals surface area (Å²) in [5.41, 5.74) is 2.12. The van der Waals surface area contributed by atoms with Gasteiger partial charge in [0.2, 0.25) is 0 Å². The summed E-state index contributed by atoms with van der Waals surface area (Å²) >= 11 is 3.33. The molecule has 4 heterocycles. The fourth-order valence-electron chi connectivity index (χ4n) is 3.31. The zero-order valence-electron chi connectivity index (χ0n) is 16.0. The van der Waals surface area contributed by atoms with Gasteiger partial charge in [-0.2, -0.15) is 0 Å². The number of halogens is 1. The molecule has 4 aromatic heterocycles. The first kappa shape index (κ1) is 19.2. The molecule has 0 aliphatic heterocycles. The van der Waals surface area contributed by atoms with E-state index in [0.29, 0.717) is 39.3 Å². The molecule has 7 nitrogen and oxygen atoms in total. The first-order chi connectivity index (χ1) is 15.1. The van der Waals surface area contributed by atoms with Gasteiger partial charge in [0.25, 0.3) is 5.56 Å². The molecule has 0 saturated carbocycles. The van der Waals surface area contributed by atoms with Crippen LogP contribution >= 0.6 is 15.9 Å². The molecule has 0 amide bonds. The van der Waals surface area contributed by atoms with Gasteiger partial charge in [0.1, 0.15) is 17.9 Å². The van der Waals surface area contributed by atoms with E-state index in [1.807, 2.05) is 24.3 Å². The van der Waals surface area contributed by atoms with Gasteiger partial charge in [0.05, 0.1) is 23.0 Å². The van der Waals surface area contributed by atoms with Crippen LogP contribution in [-0.4, -0.2) is 20.3 Å². The first-order valence-electron chi connectivity index (χ1n) is 9.37. The van der Waals surface area contributed by atoms with E-state index in [2.05, 4.69) is 25.9 Å². The first-order valence-corrected chi connectivity index (χ1v) is 10.2. The number of aromatic nitrogens is 3. The Hall–Kier alpha value is -3.78. The Labute approximate surface area is 184 Å². The molecule has 0 spiro atoms. The lowest BCUT2D eigenvalue weighted by Gasteiger charge is -2.09. The molecule has 0 atom stereocenters. The van der Waals surface area contributed by atoms with Crippen molar-refractivity contribution in [3.8, 4) is 11.5 Å². The third-order valence-electron chi connectivity index (χ3n) is 4.74. The number of pyridine rings is 2. The van der Waals surface area contributed by atoms with Gasteiger partial charge in [0, 0.05) is 22.1 Å². The molecule has 5 aromatic rings. The lowest BCUT2D eigenvalue weighted by atomic mass is 10.1. The molecule has 0 aliphatic rings. The number of fused-ring (bicyclic) bond motifs is 2. The van der Waals surface area contributed by atoms with Crippen LogP contribution in [0.1, 0.15) is 16.1 Å². The quantitative estimate of drug-likeness (QED) is 0.352. The number of ether oxygens (including phenoxy) is 1. The lowest BCUT2D eigenvalue weighted by molar-refractivity contribution is 0.0470. The number of hydrogen-bond acceptors (Lipinski definition) is 6. The zero-order valence-corrected chi connectivity index (χ0v) is 17.6. The van der Waals surface area contributed by atoms with Gasteiger partial charge in [-0.15, -0.1) is 0 Å². The van der Waals surface area contributed by atoms with Gasteiger partial charge < -0.3 is 9.15 Å². The fourth-order valence-corrected chi connectivity index (χ4v) is 3.65. The van der Waals surface area contributed by atoms with Crippen LogP contribution in [0.25, 0.3) is 28.0 Å². The number of benzene rings is 1. The number of carbonyl (C=O) groups is 1. The third-order valence-corrected chi connectivity index (χ3v) is 5.21. The highest BCUT2D eigenvalue weighted by Crippen LogP contribution is 2.26. The molecule has 0 aliphatic carbocycles. The fraction of sp³-hybridized carbons (Fsp3) is 0.0435. The van der Waals surface area contributed by atoms with Crippen molar-refractivity contribution < 1.29 is 13.9 Å². The summed E-state index contributed by atoms with van der Waals surface area (Å²) in [4.78, 5) is 34.3. The Bertz CT molecular complexity index is 1490. The van der Waals surface area contributed by atoms with Crippen LogP contribution in [0, 0.1) is 0 Å². The number of carbonyl (C=O) groups excluding carboxylic acids is 1. The van der Waals surface area contributed by atoms with Crippen molar-refractivity contribution in [2.45, 2.75) is 6.61 Å². The minimum absolute atomic E-state index is 0.132. The van der Waals surface area contributed by atoms with Gasteiger partial charge in [0.15, 0.2) is 5.76 Å². The molecule has 0 fully saturated rings. The summed E-state index contributed by atoms with van der Waals surface area (Å²) in [5, 5.41) is 0.666. The maximum Gasteiger partial charge on any atom is 0.339 e. The molecule has 5 rings (SSSR count). The number of para-hydroxylation sites is 1. The van der Waals surface area contributed by atoms with Gasteiger partial charge in [-0.3, -0.25) is 9.20 Å². The number of esters is 1. The Morgan fingerprint density at radius 3 is 2.77 bits per heavy atom. The summed E-state index contributed by atoms with van der Waals surface area (Å²) in [6.07, 6.45) is 3.19. The maximum atomic E-state index is 12.9. The summed E-state index contributed by atoms with van der Waals surface area (Å²) in [6.45, 7) is -0.132. The van der Waals surface area contributed by atoms with Gasteiger partial charge in [-0.1, -0.05) is 18.2 Å². The van der Waals surface area contributed by atoms with E-state index in [1.165, 1.54) is 10.5 Å². The average Bonchev–Trinajstić information content (AvgIpc) is 3.32. The molecular formula is C23H14BrN3O4. The van der Waals surface area contributed by atoms with Gasteiger partial charge in [-0.05, 0) is 52.3 Å². The third kappa shape index (κ3) is 3.73. The summed E-state index contributed by atoms with van der Waals surface area (Å²) in [6, 6.07) is 17.3. The number of rotatable bonds is 4. The molecule has 1 aromatic carbocycles. The van der Waals surface area contributed by atoms with Crippen LogP contribution < -0.4 is 5.56 Å². The van der Waals surface area contributed by atoms with Crippen molar-refractivity contribution in [2.75, 3.05) is 0 Å². The normalized spacial score (nSPS) is 11.1. The lowest BCUT2D eigenvalue weighted by Crippen LogP contribution is -2.16. The van der Waals surface area contributed by atoms with Crippen LogP contribution in [-0.2, 0) is 11.3 Å². The van der Waals surface area contributed by atoms with E-state index in [0.717, 1.165) is 4.47 Å². The van der Waals surface area contributed by atoms with Gasteiger partial charge >= 0.3 is 5.97 Å². The molecule has 0 saturated heterocycles. The minimum Gasteiger partial charge on any atom is -0.463 e. The van der Waals surface area contributed by atoms with Crippen LogP contribution in [0.5, 0.6) is 0 Å². The SMILES string of the molecule is O=C(OCc1cc(=O)n2cc(Br)ccc2n1)c1cc(-c2ccco2)nc2ccccc12. The largest absolute Gasteiger partial charge is 0.463 e. The second-order valence-electron chi connectivity index (χ2n) is 6.79. The van der Waals surface area contributed by atoms with Crippen molar-refractivity contribution in [3.05, 3.63) is 99.2 Å². The van der Waals surface area contributed by atoms with Crippen molar-refractivity contribution in [2.24, 2.45) is 0 Å². The van der Waals surface area contributed by atoms with Crippen molar-refractivity contribution in [3.63, 3.8) is 0 Å². The van der Waals surface area contributed by atoms with Gasteiger partial charge in [-0.25, -0.2) is 14.8 Å². The zero-order chi connectivity index (χ0) is 21.4. The minimum atomic E-state index is -0.538. The molecule has 152 valence electrons. The molecule has 0 N–H and O–H groups in total. The molecule has 0 radical (unpaired) electrons. The van der Waals surface area contributed by atoms with Crippen molar-refractivity contribution >= 4 is 38.4 Å². The second kappa shape index (κ2) is 7.81. The molecule has 31 heavy (non-hydrogen) atoms. The summed E-state index contributed by atoms with van der Waals surface area (Å²) in [5.74, 6) is 0.0133. The topological polar surface area (TPSA) is 86.7 Å². The van der Waals surface area contributed by atoms with Crippen LogP contribution in [0.15, 0.2) is 86.8 Å². The highest BCUT2D eigenvalue weighted by atomic mass is 79.9.